The average Bonchev–Trinajstić information content (AvgIpc) is 2.61. The average molecular weight is 343 g/mol. The van der Waals surface area contributed by atoms with Crippen LogP contribution in [0.1, 0.15) is 47.7 Å². The molecule has 2 N–H and O–H groups in total. The predicted octanol–water partition coefficient (Wildman–Crippen LogP) is 2.88. The number of carbonyl (C=O) groups is 2. The number of hydrogen-bond acceptors (Lipinski definition) is 6. The third kappa shape index (κ3) is 3.50. The summed E-state index contributed by atoms with van der Waals surface area (Å²) in [5.74, 6) is -0.819. The second-order valence-electron chi connectivity index (χ2n) is 6.03. The molecule has 130 valence electrons. The maximum absolute atomic E-state index is 14.1. The van der Waals surface area contributed by atoms with E-state index in [4.69, 9.17) is 5.73 Å². The zero-order valence-corrected chi connectivity index (χ0v) is 13.8. The van der Waals surface area contributed by atoms with Gasteiger partial charge in [-0.1, -0.05) is 6.07 Å². The van der Waals surface area contributed by atoms with Crippen LogP contribution in [0.4, 0.5) is 10.2 Å². The van der Waals surface area contributed by atoms with Gasteiger partial charge in [0.1, 0.15) is 23.1 Å². The number of Topliss-reactive ketones (excluding diaryl/α,β-unsaturated/α-hetero) is 1. The summed E-state index contributed by atoms with van der Waals surface area (Å²) in [6, 6.07) is 4.07. The molecule has 0 saturated heterocycles. The first-order valence-electron chi connectivity index (χ1n) is 8.02. The van der Waals surface area contributed by atoms with Crippen molar-refractivity contribution in [1.29, 1.82) is 0 Å². The Morgan fingerprint density at radius 3 is 2.64 bits per heavy atom. The molecule has 2 aromatic rings. The van der Waals surface area contributed by atoms with Crippen LogP contribution >= 0.6 is 0 Å². The summed E-state index contributed by atoms with van der Waals surface area (Å²) < 4.78 is 18.6. The van der Waals surface area contributed by atoms with E-state index in [1.165, 1.54) is 19.2 Å². The SMILES string of the molecule is COC(=O)c1ccc(-c2ncc(C3CCC(=O)CC3)nc2N)cc1F. The predicted molar refractivity (Wildman–Crippen MR) is 89.4 cm³/mol. The molecule has 0 spiro atoms. The van der Waals surface area contributed by atoms with Crippen molar-refractivity contribution in [3.8, 4) is 11.3 Å². The number of aromatic nitrogens is 2. The first-order valence-corrected chi connectivity index (χ1v) is 8.02. The van der Waals surface area contributed by atoms with E-state index < -0.39 is 11.8 Å². The van der Waals surface area contributed by atoms with E-state index in [1.807, 2.05) is 0 Å². The van der Waals surface area contributed by atoms with Crippen molar-refractivity contribution < 1.29 is 18.7 Å². The Bertz CT molecular complexity index is 828. The van der Waals surface area contributed by atoms with Crippen molar-refractivity contribution in [3.63, 3.8) is 0 Å². The first-order chi connectivity index (χ1) is 12.0. The van der Waals surface area contributed by atoms with Crippen molar-refractivity contribution in [1.82, 2.24) is 9.97 Å². The lowest BCUT2D eigenvalue weighted by Crippen LogP contribution is -2.14. The highest BCUT2D eigenvalue weighted by atomic mass is 19.1. The van der Waals surface area contributed by atoms with Crippen molar-refractivity contribution in [2.75, 3.05) is 12.8 Å². The van der Waals surface area contributed by atoms with E-state index >= 15 is 0 Å². The number of benzene rings is 1. The fourth-order valence-corrected chi connectivity index (χ4v) is 3.01. The van der Waals surface area contributed by atoms with Gasteiger partial charge in [-0.05, 0) is 25.0 Å². The van der Waals surface area contributed by atoms with Gasteiger partial charge >= 0.3 is 5.97 Å². The summed E-state index contributed by atoms with van der Waals surface area (Å²) in [6.07, 6.45) is 4.21. The van der Waals surface area contributed by atoms with Gasteiger partial charge in [-0.3, -0.25) is 9.78 Å². The largest absolute Gasteiger partial charge is 0.465 e. The molecule has 1 aliphatic carbocycles. The van der Waals surface area contributed by atoms with E-state index in [0.717, 1.165) is 18.5 Å². The summed E-state index contributed by atoms with van der Waals surface area (Å²) in [5.41, 5.74) is 7.39. The van der Waals surface area contributed by atoms with Crippen molar-refractivity contribution in [3.05, 3.63) is 41.5 Å². The number of ketones is 1. The summed E-state index contributed by atoms with van der Waals surface area (Å²) in [4.78, 5) is 31.5. The molecule has 0 bridgehead atoms. The number of esters is 1. The molecule has 1 heterocycles. The van der Waals surface area contributed by atoms with Crippen LogP contribution in [0.5, 0.6) is 0 Å². The molecule has 0 radical (unpaired) electrons. The lowest BCUT2D eigenvalue weighted by atomic mass is 9.86. The molecule has 6 nitrogen and oxygen atoms in total. The smallest absolute Gasteiger partial charge is 0.340 e. The van der Waals surface area contributed by atoms with Gasteiger partial charge in [0.05, 0.1) is 18.4 Å². The van der Waals surface area contributed by atoms with E-state index in [2.05, 4.69) is 14.7 Å². The number of rotatable bonds is 3. The lowest BCUT2D eigenvalue weighted by Gasteiger charge is -2.20. The molecule has 0 atom stereocenters. The number of anilines is 1. The second kappa shape index (κ2) is 6.96. The molecule has 1 aromatic heterocycles. The van der Waals surface area contributed by atoms with E-state index in [-0.39, 0.29) is 23.1 Å². The van der Waals surface area contributed by atoms with Crippen molar-refractivity contribution in [2.24, 2.45) is 0 Å². The Kier molecular flexibility index (Phi) is 4.74. The minimum absolute atomic E-state index is 0.152. The molecule has 1 saturated carbocycles. The zero-order valence-electron chi connectivity index (χ0n) is 13.8. The standard InChI is InChI=1S/C18H18FN3O3/c1-25-18(24)13-7-4-11(8-14(13)19)16-17(20)22-15(9-21-16)10-2-5-12(23)6-3-10/h4,7-10H,2-3,5-6H2,1H3,(H2,20,22). The highest BCUT2D eigenvalue weighted by Gasteiger charge is 2.23. The summed E-state index contributed by atoms with van der Waals surface area (Å²) in [7, 11) is 1.19. The van der Waals surface area contributed by atoms with Gasteiger partial charge in [-0.2, -0.15) is 0 Å². The molecule has 1 aromatic carbocycles. The topological polar surface area (TPSA) is 95.2 Å². The van der Waals surface area contributed by atoms with Crippen LogP contribution in [0.25, 0.3) is 11.3 Å². The number of halogens is 1. The molecule has 7 heteroatoms. The van der Waals surface area contributed by atoms with Gasteiger partial charge in [0.2, 0.25) is 0 Å². The Morgan fingerprint density at radius 2 is 2.04 bits per heavy atom. The van der Waals surface area contributed by atoms with Crippen LogP contribution in [0.2, 0.25) is 0 Å². The third-order valence-electron chi connectivity index (χ3n) is 4.43. The molecule has 1 fully saturated rings. The highest BCUT2D eigenvalue weighted by Crippen LogP contribution is 2.32. The summed E-state index contributed by atoms with van der Waals surface area (Å²) >= 11 is 0. The van der Waals surface area contributed by atoms with E-state index in [0.29, 0.717) is 24.1 Å². The van der Waals surface area contributed by atoms with Crippen LogP contribution in [0.3, 0.4) is 0 Å². The second-order valence-corrected chi connectivity index (χ2v) is 6.03. The minimum Gasteiger partial charge on any atom is -0.465 e. The van der Waals surface area contributed by atoms with E-state index in [9.17, 15) is 14.0 Å². The molecular formula is C18H18FN3O3. The molecule has 0 aliphatic heterocycles. The normalized spacial score (nSPS) is 15.2. The Morgan fingerprint density at radius 1 is 1.32 bits per heavy atom. The fourth-order valence-electron chi connectivity index (χ4n) is 3.01. The van der Waals surface area contributed by atoms with Crippen LogP contribution in [-0.2, 0) is 9.53 Å². The van der Waals surface area contributed by atoms with Crippen molar-refractivity contribution in [2.45, 2.75) is 31.6 Å². The highest BCUT2D eigenvalue weighted by molar-refractivity contribution is 5.90. The van der Waals surface area contributed by atoms with Gasteiger partial charge in [0, 0.05) is 30.5 Å². The summed E-state index contributed by atoms with van der Waals surface area (Å²) in [6.45, 7) is 0. The molecule has 25 heavy (non-hydrogen) atoms. The summed E-state index contributed by atoms with van der Waals surface area (Å²) in [5, 5.41) is 0. The number of methoxy groups -OCH3 is 1. The Labute approximate surface area is 144 Å². The van der Waals surface area contributed by atoms with Gasteiger partial charge in [-0.15, -0.1) is 0 Å². The number of hydrogen-bond donors (Lipinski definition) is 1. The first kappa shape index (κ1) is 17.0. The van der Waals surface area contributed by atoms with Gasteiger partial charge in [0.15, 0.2) is 0 Å². The number of carbonyl (C=O) groups excluding carboxylic acids is 2. The zero-order chi connectivity index (χ0) is 18.0. The third-order valence-corrected chi connectivity index (χ3v) is 4.43. The molecule has 0 amide bonds. The quantitative estimate of drug-likeness (QED) is 0.861. The van der Waals surface area contributed by atoms with Crippen LogP contribution in [-0.4, -0.2) is 28.8 Å². The number of nitrogens with zero attached hydrogens (tertiary/aromatic N) is 2. The van der Waals surface area contributed by atoms with Crippen LogP contribution in [0, 0.1) is 5.82 Å². The van der Waals surface area contributed by atoms with Gasteiger partial charge < -0.3 is 10.5 Å². The molecule has 1 aliphatic rings. The van der Waals surface area contributed by atoms with Gasteiger partial charge in [0.25, 0.3) is 0 Å². The van der Waals surface area contributed by atoms with Gasteiger partial charge in [-0.25, -0.2) is 14.2 Å². The lowest BCUT2D eigenvalue weighted by molar-refractivity contribution is -0.120. The minimum atomic E-state index is -0.745. The monoisotopic (exact) mass is 343 g/mol. The molecule has 0 unspecified atom stereocenters. The number of nitrogen functional groups attached to an aromatic ring is 1. The maximum atomic E-state index is 14.1. The molecular weight excluding hydrogens is 325 g/mol. The van der Waals surface area contributed by atoms with Crippen LogP contribution in [0.15, 0.2) is 24.4 Å². The number of nitrogens with two attached hydrogens (primary N) is 1. The van der Waals surface area contributed by atoms with Crippen LogP contribution < -0.4 is 5.73 Å². The van der Waals surface area contributed by atoms with E-state index in [1.54, 1.807) is 12.3 Å². The fraction of sp³-hybridized carbons (Fsp3) is 0.333. The Hall–Kier alpha value is -2.83. The maximum Gasteiger partial charge on any atom is 0.340 e. The van der Waals surface area contributed by atoms with Crippen molar-refractivity contribution >= 4 is 17.6 Å². The number of ether oxygens (including phenoxy) is 1. The molecule has 3 rings (SSSR count). The Balaban J connectivity index is 1.87.